The highest BCUT2D eigenvalue weighted by Crippen LogP contribution is 2.39. The topological polar surface area (TPSA) is 57.8 Å². The summed E-state index contributed by atoms with van der Waals surface area (Å²) in [6.07, 6.45) is 2.34. The Labute approximate surface area is 117 Å². The van der Waals surface area contributed by atoms with Crippen LogP contribution in [0.25, 0.3) is 0 Å². The fourth-order valence-corrected chi connectivity index (χ4v) is 3.13. The summed E-state index contributed by atoms with van der Waals surface area (Å²) in [7, 11) is 0. The van der Waals surface area contributed by atoms with Gasteiger partial charge in [-0.05, 0) is 18.9 Å². The van der Waals surface area contributed by atoms with Crippen molar-refractivity contribution in [1.29, 1.82) is 0 Å². The van der Waals surface area contributed by atoms with Crippen molar-refractivity contribution in [3.63, 3.8) is 0 Å². The maximum absolute atomic E-state index is 11.9. The van der Waals surface area contributed by atoms with Crippen molar-refractivity contribution in [3.05, 3.63) is 32.1 Å². The molecule has 1 amide bonds. The molecule has 0 saturated heterocycles. The van der Waals surface area contributed by atoms with E-state index in [2.05, 4.69) is 15.5 Å². The number of carbonyl (C=O) groups excluding carboxylic acids is 1. The van der Waals surface area contributed by atoms with Crippen molar-refractivity contribution in [2.45, 2.75) is 18.8 Å². The van der Waals surface area contributed by atoms with E-state index < -0.39 is 0 Å². The summed E-state index contributed by atoms with van der Waals surface area (Å²) in [6.45, 7) is 0. The monoisotopic (exact) mass is 301 g/mol. The van der Waals surface area contributed by atoms with Crippen molar-refractivity contribution in [3.8, 4) is 0 Å². The highest BCUT2D eigenvalue weighted by atomic mass is 35.5. The highest BCUT2D eigenvalue weighted by Gasteiger charge is 2.26. The zero-order valence-electron chi connectivity index (χ0n) is 9.17. The number of halogens is 2. The van der Waals surface area contributed by atoms with E-state index in [0.717, 1.165) is 5.69 Å². The van der Waals surface area contributed by atoms with Gasteiger partial charge >= 0.3 is 0 Å². The zero-order valence-corrected chi connectivity index (χ0v) is 11.5. The number of nitrogens with one attached hydrogen (secondary N) is 2. The first-order chi connectivity index (χ1) is 8.63. The van der Waals surface area contributed by atoms with E-state index in [4.69, 9.17) is 23.2 Å². The maximum Gasteiger partial charge on any atom is 0.259 e. The molecule has 3 rings (SSSR count). The van der Waals surface area contributed by atoms with Gasteiger partial charge in [0.2, 0.25) is 0 Å². The van der Waals surface area contributed by atoms with Gasteiger partial charge in [-0.2, -0.15) is 5.10 Å². The van der Waals surface area contributed by atoms with Crippen LogP contribution in [0.15, 0.2) is 12.1 Å². The molecule has 0 radical (unpaired) electrons. The molecule has 0 aromatic carbocycles. The molecule has 0 unspecified atom stereocenters. The van der Waals surface area contributed by atoms with Gasteiger partial charge in [0.05, 0.1) is 15.6 Å². The number of aromatic amines is 1. The molecule has 94 valence electrons. The number of carbonyl (C=O) groups is 1. The molecule has 1 fully saturated rings. The number of hydrogen-bond donors (Lipinski definition) is 2. The van der Waals surface area contributed by atoms with Crippen LogP contribution in [0.5, 0.6) is 0 Å². The fourth-order valence-electron chi connectivity index (χ4n) is 1.67. The molecule has 2 heterocycles. The molecule has 2 N–H and O–H groups in total. The lowest BCUT2D eigenvalue weighted by Crippen LogP contribution is -2.11. The van der Waals surface area contributed by atoms with E-state index >= 15 is 0 Å². The number of rotatable bonds is 3. The summed E-state index contributed by atoms with van der Waals surface area (Å²) in [5.41, 5.74) is 1.38. The van der Waals surface area contributed by atoms with Crippen LogP contribution < -0.4 is 5.32 Å². The molecule has 1 aliphatic carbocycles. The van der Waals surface area contributed by atoms with E-state index in [1.165, 1.54) is 24.2 Å². The Morgan fingerprint density at radius 3 is 2.83 bits per heavy atom. The smallest absolute Gasteiger partial charge is 0.259 e. The second-order valence-corrected chi connectivity index (χ2v) is 6.46. The van der Waals surface area contributed by atoms with Gasteiger partial charge in [0.25, 0.3) is 5.91 Å². The number of H-pyrrole nitrogens is 1. The molecule has 4 nitrogen and oxygen atoms in total. The van der Waals surface area contributed by atoms with Gasteiger partial charge in [-0.1, -0.05) is 23.2 Å². The van der Waals surface area contributed by atoms with Crippen molar-refractivity contribution in [1.82, 2.24) is 10.2 Å². The van der Waals surface area contributed by atoms with E-state index in [1.54, 1.807) is 6.07 Å². The molecular weight excluding hydrogens is 293 g/mol. The van der Waals surface area contributed by atoms with Gasteiger partial charge in [-0.15, -0.1) is 11.3 Å². The van der Waals surface area contributed by atoms with Crippen molar-refractivity contribution in [2.75, 3.05) is 5.32 Å². The van der Waals surface area contributed by atoms with Crippen LogP contribution >= 0.6 is 34.5 Å². The van der Waals surface area contributed by atoms with E-state index in [-0.39, 0.29) is 5.91 Å². The minimum Gasteiger partial charge on any atom is -0.307 e. The summed E-state index contributed by atoms with van der Waals surface area (Å²) in [4.78, 5) is 11.9. The average molecular weight is 302 g/mol. The maximum atomic E-state index is 11.9. The van der Waals surface area contributed by atoms with Crippen LogP contribution in [-0.4, -0.2) is 16.1 Å². The third kappa shape index (κ3) is 2.39. The van der Waals surface area contributed by atoms with Crippen LogP contribution in [0.1, 0.15) is 34.8 Å². The lowest BCUT2D eigenvalue weighted by Gasteiger charge is -1.99. The minimum absolute atomic E-state index is 0.283. The van der Waals surface area contributed by atoms with E-state index in [1.807, 2.05) is 6.07 Å². The van der Waals surface area contributed by atoms with Crippen molar-refractivity contribution < 1.29 is 4.79 Å². The molecule has 2 aromatic rings. The zero-order chi connectivity index (χ0) is 12.7. The molecule has 7 heteroatoms. The molecular formula is C11H9Cl2N3OS. The fraction of sp³-hybridized carbons (Fsp3) is 0.273. The molecule has 18 heavy (non-hydrogen) atoms. The van der Waals surface area contributed by atoms with Gasteiger partial charge in [-0.25, -0.2) is 0 Å². The van der Waals surface area contributed by atoms with E-state index in [9.17, 15) is 4.79 Å². The average Bonchev–Trinajstić information content (AvgIpc) is 2.97. The number of hydrogen-bond acceptors (Lipinski definition) is 3. The molecule has 0 aliphatic heterocycles. The number of anilines is 1. The summed E-state index contributed by atoms with van der Waals surface area (Å²) in [5.74, 6) is 0.848. The van der Waals surface area contributed by atoms with Gasteiger partial charge in [0.15, 0.2) is 0 Å². The van der Waals surface area contributed by atoms with Crippen molar-refractivity contribution >= 4 is 46.3 Å². The lowest BCUT2D eigenvalue weighted by atomic mass is 10.3. The molecule has 1 aliphatic rings. The first kappa shape index (κ1) is 12.0. The van der Waals surface area contributed by atoms with E-state index in [0.29, 0.717) is 26.0 Å². The lowest BCUT2D eigenvalue weighted by molar-refractivity contribution is 0.102. The Morgan fingerprint density at radius 1 is 1.44 bits per heavy atom. The first-order valence-electron chi connectivity index (χ1n) is 5.45. The number of thiophene rings is 1. The third-order valence-electron chi connectivity index (χ3n) is 2.74. The highest BCUT2D eigenvalue weighted by molar-refractivity contribution is 7.20. The molecule has 0 bridgehead atoms. The van der Waals surface area contributed by atoms with Crippen molar-refractivity contribution in [2.24, 2.45) is 0 Å². The standard InChI is InChI=1S/C11H9Cl2N3OS/c12-8-3-6(10(13)18-8)11(17)14-9-4-7(15-16-9)5-1-2-5/h3-5H,1-2H2,(H2,14,15,16,17). The number of nitrogens with zero attached hydrogens (tertiary/aromatic N) is 1. The SMILES string of the molecule is O=C(Nc1cc(C2CC2)n[nH]1)c1cc(Cl)sc1Cl. The van der Waals surface area contributed by atoms with Gasteiger partial charge in [0, 0.05) is 12.0 Å². The van der Waals surface area contributed by atoms with Crippen LogP contribution in [0.4, 0.5) is 5.82 Å². The Balaban J connectivity index is 1.74. The second-order valence-electron chi connectivity index (χ2n) is 4.17. The third-order valence-corrected chi connectivity index (χ3v) is 4.23. The minimum atomic E-state index is -0.283. The van der Waals surface area contributed by atoms with Crippen LogP contribution in [0.2, 0.25) is 8.67 Å². The summed E-state index contributed by atoms with van der Waals surface area (Å²) < 4.78 is 0.882. The predicted octanol–water partition coefficient (Wildman–Crippen LogP) is 3.91. The normalized spacial score (nSPS) is 14.8. The van der Waals surface area contributed by atoms with Gasteiger partial charge < -0.3 is 5.32 Å². The predicted molar refractivity (Wildman–Crippen MR) is 72.9 cm³/mol. The Hall–Kier alpha value is -1.04. The van der Waals surface area contributed by atoms with Crippen LogP contribution in [0.3, 0.4) is 0 Å². The number of amides is 1. The van der Waals surface area contributed by atoms with Gasteiger partial charge in [0.1, 0.15) is 10.2 Å². The largest absolute Gasteiger partial charge is 0.307 e. The summed E-state index contributed by atoms with van der Waals surface area (Å²) >= 11 is 12.9. The van der Waals surface area contributed by atoms with Gasteiger partial charge in [-0.3, -0.25) is 9.89 Å². The number of aromatic nitrogens is 2. The Bertz CT molecular complexity index is 603. The molecule has 0 spiro atoms. The van der Waals surface area contributed by atoms with Crippen LogP contribution in [-0.2, 0) is 0 Å². The molecule has 2 aromatic heterocycles. The quantitative estimate of drug-likeness (QED) is 0.903. The van der Waals surface area contributed by atoms with Crippen LogP contribution in [0, 0.1) is 0 Å². The molecule has 0 atom stereocenters. The molecule has 1 saturated carbocycles. The second kappa shape index (κ2) is 4.57. The summed E-state index contributed by atoms with van der Waals surface area (Å²) in [6, 6.07) is 3.42. The Morgan fingerprint density at radius 2 is 2.22 bits per heavy atom. The summed E-state index contributed by atoms with van der Waals surface area (Å²) in [5, 5.41) is 9.68. The Kier molecular flexibility index (Phi) is 3.05. The first-order valence-corrected chi connectivity index (χ1v) is 7.02.